The fourth-order valence-electron chi connectivity index (χ4n) is 2.94. The number of halogens is 1. The van der Waals surface area contributed by atoms with Gasteiger partial charge in [0.15, 0.2) is 0 Å². The third-order valence-corrected chi connectivity index (χ3v) is 4.22. The Bertz CT molecular complexity index is 675. The molecule has 0 spiro atoms. The summed E-state index contributed by atoms with van der Waals surface area (Å²) >= 11 is 0. The number of hydrogen-bond acceptors (Lipinski definition) is 5. The van der Waals surface area contributed by atoms with Gasteiger partial charge in [0.05, 0.1) is 25.9 Å². The van der Waals surface area contributed by atoms with Gasteiger partial charge >= 0.3 is 0 Å². The molecule has 1 aromatic heterocycles. The van der Waals surface area contributed by atoms with E-state index in [0.717, 1.165) is 18.1 Å². The molecule has 0 radical (unpaired) electrons. The SMILES string of the molecule is Cc1ccc(C2CN(CC(O)COCc3ccccc3F)CCO2)o1. The summed E-state index contributed by atoms with van der Waals surface area (Å²) in [5, 5.41) is 10.2. The third-order valence-electron chi connectivity index (χ3n) is 4.22. The Balaban J connectivity index is 1.43. The van der Waals surface area contributed by atoms with E-state index >= 15 is 0 Å². The van der Waals surface area contributed by atoms with Crippen LogP contribution in [0.5, 0.6) is 0 Å². The molecule has 2 aromatic rings. The number of aliphatic hydroxyl groups is 1. The Kier molecular flexibility index (Phi) is 6.20. The van der Waals surface area contributed by atoms with E-state index in [-0.39, 0.29) is 25.1 Å². The summed E-state index contributed by atoms with van der Waals surface area (Å²) in [6.45, 7) is 4.71. The largest absolute Gasteiger partial charge is 0.464 e. The molecule has 0 saturated carbocycles. The molecule has 2 heterocycles. The first-order valence-corrected chi connectivity index (χ1v) is 8.51. The lowest BCUT2D eigenvalue weighted by atomic mass is 10.2. The van der Waals surface area contributed by atoms with E-state index in [0.29, 0.717) is 25.3 Å². The van der Waals surface area contributed by atoms with Crippen molar-refractivity contribution in [3.63, 3.8) is 0 Å². The van der Waals surface area contributed by atoms with Crippen molar-refractivity contribution in [1.29, 1.82) is 0 Å². The van der Waals surface area contributed by atoms with Gasteiger partial charge in [0.2, 0.25) is 0 Å². The van der Waals surface area contributed by atoms with Crippen molar-refractivity contribution in [3.05, 3.63) is 59.3 Å². The second-order valence-corrected chi connectivity index (χ2v) is 6.33. The van der Waals surface area contributed by atoms with Crippen molar-refractivity contribution in [2.75, 3.05) is 32.8 Å². The van der Waals surface area contributed by atoms with E-state index in [1.54, 1.807) is 18.2 Å². The fraction of sp³-hybridized carbons (Fsp3) is 0.474. The average Bonchev–Trinajstić information content (AvgIpc) is 3.03. The molecule has 2 unspecified atom stereocenters. The van der Waals surface area contributed by atoms with E-state index in [2.05, 4.69) is 4.90 Å². The number of morpholine rings is 1. The molecule has 5 nitrogen and oxygen atoms in total. The quantitative estimate of drug-likeness (QED) is 0.833. The van der Waals surface area contributed by atoms with Crippen LogP contribution in [0.15, 0.2) is 40.8 Å². The molecule has 1 aliphatic heterocycles. The highest BCUT2D eigenvalue weighted by Crippen LogP contribution is 2.24. The summed E-state index contributed by atoms with van der Waals surface area (Å²) < 4.78 is 30.3. The van der Waals surface area contributed by atoms with Crippen molar-refractivity contribution >= 4 is 0 Å². The molecule has 136 valence electrons. The molecule has 0 aliphatic carbocycles. The number of nitrogens with zero attached hydrogens (tertiary/aromatic N) is 1. The van der Waals surface area contributed by atoms with Crippen LogP contribution in [0.25, 0.3) is 0 Å². The molecule has 0 bridgehead atoms. The number of aryl methyl sites for hydroxylation is 1. The maximum atomic E-state index is 13.5. The zero-order valence-electron chi connectivity index (χ0n) is 14.4. The highest BCUT2D eigenvalue weighted by atomic mass is 19.1. The molecule has 1 fully saturated rings. The number of ether oxygens (including phenoxy) is 2. The second-order valence-electron chi connectivity index (χ2n) is 6.33. The Labute approximate surface area is 147 Å². The molecular formula is C19H24FNO4. The minimum absolute atomic E-state index is 0.117. The Morgan fingerprint density at radius 2 is 2.16 bits per heavy atom. The van der Waals surface area contributed by atoms with Crippen molar-refractivity contribution in [3.8, 4) is 0 Å². The van der Waals surface area contributed by atoms with Crippen molar-refractivity contribution < 1.29 is 23.4 Å². The van der Waals surface area contributed by atoms with Crippen LogP contribution in [-0.2, 0) is 16.1 Å². The molecule has 1 N–H and O–H groups in total. The molecule has 1 aliphatic rings. The standard InChI is InChI=1S/C19H24FNO4/c1-14-6-7-18(25-14)19-11-21(8-9-24-19)10-16(22)13-23-12-15-4-2-3-5-17(15)20/h2-7,16,19,22H,8-13H2,1H3. The molecule has 2 atom stereocenters. The van der Waals surface area contributed by atoms with Gasteiger partial charge in [-0.25, -0.2) is 4.39 Å². The van der Waals surface area contributed by atoms with Crippen molar-refractivity contribution in [1.82, 2.24) is 4.90 Å². The summed E-state index contributed by atoms with van der Waals surface area (Å²) in [6.07, 6.45) is -0.752. The van der Waals surface area contributed by atoms with Gasteiger partial charge in [0, 0.05) is 25.2 Å². The predicted molar refractivity (Wildman–Crippen MR) is 90.6 cm³/mol. The number of benzene rings is 1. The molecular weight excluding hydrogens is 325 g/mol. The maximum Gasteiger partial charge on any atom is 0.134 e. The van der Waals surface area contributed by atoms with Crippen molar-refractivity contribution in [2.24, 2.45) is 0 Å². The van der Waals surface area contributed by atoms with Gasteiger partial charge in [-0.1, -0.05) is 18.2 Å². The van der Waals surface area contributed by atoms with Gasteiger partial charge in [-0.3, -0.25) is 4.90 Å². The van der Waals surface area contributed by atoms with Gasteiger partial charge < -0.3 is 19.0 Å². The monoisotopic (exact) mass is 349 g/mol. The first-order valence-electron chi connectivity index (χ1n) is 8.51. The van der Waals surface area contributed by atoms with Crippen LogP contribution < -0.4 is 0 Å². The average molecular weight is 349 g/mol. The summed E-state index contributed by atoms with van der Waals surface area (Å²) in [5.74, 6) is 1.38. The zero-order valence-corrected chi connectivity index (χ0v) is 14.4. The molecule has 0 amide bonds. The number of furan rings is 1. The fourth-order valence-corrected chi connectivity index (χ4v) is 2.94. The normalized spacial score (nSPS) is 19.9. The van der Waals surface area contributed by atoms with E-state index < -0.39 is 6.10 Å². The second kappa shape index (κ2) is 8.58. The lowest BCUT2D eigenvalue weighted by Crippen LogP contribution is -2.43. The number of β-amino-alcohol motifs (C(OH)–C–C–N with tert-alkyl or cyclic N) is 1. The van der Waals surface area contributed by atoms with E-state index in [9.17, 15) is 9.50 Å². The van der Waals surface area contributed by atoms with Gasteiger partial charge in [0.1, 0.15) is 23.4 Å². The van der Waals surface area contributed by atoms with E-state index in [1.165, 1.54) is 6.07 Å². The number of hydrogen-bond donors (Lipinski definition) is 1. The molecule has 25 heavy (non-hydrogen) atoms. The third kappa shape index (κ3) is 5.12. The predicted octanol–water partition coefficient (Wildman–Crippen LogP) is 2.68. The molecule has 6 heteroatoms. The van der Waals surface area contributed by atoms with Gasteiger partial charge in [-0.2, -0.15) is 0 Å². The lowest BCUT2D eigenvalue weighted by Gasteiger charge is -2.33. The van der Waals surface area contributed by atoms with Crippen LogP contribution in [-0.4, -0.2) is 49.0 Å². The van der Waals surface area contributed by atoms with E-state index in [1.807, 2.05) is 19.1 Å². The van der Waals surface area contributed by atoms with Gasteiger partial charge in [0.25, 0.3) is 0 Å². The first-order chi connectivity index (χ1) is 12.1. The summed E-state index contributed by atoms with van der Waals surface area (Å²) in [4.78, 5) is 2.13. The summed E-state index contributed by atoms with van der Waals surface area (Å²) in [5.41, 5.74) is 0.495. The molecule has 1 saturated heterocycles. The minimum atomic E-state index is -0.635. The van der Waals surface area contributed by atoms with Crippen LogP contribution >= 0.6 is 0 Å². The topological polar surface area (TPSA) is 55.1 Å². The number of rotatable bonds is 7. The Hall–Kier alpha value is -1.73. The summed E-state index contributed by atoms with van der Waals surface area (Å²) in [7, 11) is 0. The Morgan fingerprint density at radius 3 is 2.92 bits per heavy atom. The molecule has 3 rings (SSSR count). The highest BCUT2D eigenvalue weighted by Gasteiger charge is 2.25. The van der Waals surface area contributed by atoms with Crippen LogP contribution in [0.1, 0.15) is 23.2 Å². The zero-order chi connectivity index (χ0) is 17.6. The van der Waals surface area contributed by atoms with E-state index in [4.69, 9.17) is 13.9 Å². The summed E-state index contributed by atoms with van der Waals surface area (Å²) in [6, 6.07) is 10.3. The first kappa shape index (κ1) is 18.1. The van der Waals surface area contributed by atoms with Crippen LogP contribution in [0, 0.1) is 12.7 Å². The number of aliphatic hydroxyl groups excluding tert-OH is 1. The smallest absolute Gasteiger partial charge is 0.134 e. The van der Waals surface area contributed by atoms with Crippen LogP contribution in [0.4, 0.5) is 4.39 Å². The van der Waals surface area contributed by atoms with Crippen LogP contribution in [0.2, 0.25) is 0 Å². The van der Waals surface area contributed by atoms with Gasteiger partial charge in [-0.05, 0) is 25.1 Å². The lowest BCUT2D eigenvalue weighted by molar-refractivity contribution is -0.0607. The highest BCUT2D eigenvalue weighted by molar-refractivity contribution is 5.16. The Morgan fingerprint density at radius 1 is 1.32 bits per heavy atom. The van der Waals surface area contributed by atoms with Crippen molar-refractivity contribution in [2.45, 2.75) is 25.7 Å². The maximum absolute atomic E-state index is 13.5. The van der Waals surface area contributed by atoms with Crippen LogP contribution in [0.3, 0.4) is 0 Å². The van der Waals surface area contributed by atoms with Gasteiger partial charge in [-0.15, -0.1) is 0 Å². The minimum Gasteiger partial charge on any atom is -0.464 e. The molecule has 1 aromatic carbocycles.